The van der Waals surface area contributed by atoms with E-state index in [1.54, 1.807) is 23.6 Å². The smallest absolute Gasteiger partial charge is 0.271 e. The Kier molecular flexibility index (Phi) is 6.06. The van der Waals surface area contributed by atoms with Crippen LogP contribution in [0.5, 0.6) is 0 Å². The minimum Gasteiger partial charge on any atom is -0.308 e. The molecular weight excluding hydrogens is 507 g/mol. The summed E-state index contributed by atoms with van der Waals surface area (Å²) in [6.45, 7) is 4.06. The Balaban J connectivity index is 1.60. The fourth-order valence-corrected chi connectivity index (χ4v) is 5.90. The van der Waals surface area contributed by atoms with Crippen molar-refractivity contribution in [3.8, 4) is 11.1 Å². The average molecular weight is 528 g/mol. The van der Waals surface area contributed by atoms with Crippen LogP contribution in [0.3, 0.4) is 0 Å². The number of thiophene rings is 1. The third-order valence-electron chi connectivity index (χ3n) is 5.39. The zero-order valence-corrected chi connectivity index (χ0v) is 19.8. The van der Waals surface area contributed by atoms with Crippen LogP contribution in [0.15, 0.2) is 35.4 Å². The van der Waals surface area contributed by atoms with Gasteiger partial charge >= 0.3 is 0 Å². The molecule has 0 spiro atoms. The monoisotopic (exact) mass is 528 g/mol. The van der Waals surface area contributed by atoms with Gasteiger partial charge in [0.1, 0.15) is 11.1 Å². The lowest BCUT2D eigenvalue weighted by Crippen LogP contribution is -2.17. The summed E-state index contributed by atoms with van der Waals surface area (Å²) >= 11 is 3.91. The molecule has 0 radical (unpaired) electrons. The number of aryl methyl sites for hydroxylation is 2. The molecule has 0 saturated carbocycles. The number of nitriles is 1. The fraction of sp³-hybridized carbons (Fsp3) is 0.261. The van der Waals surface area contributed by atoms with E-state index in [9.17, 15) is 10.1 Å². The number of rotatable bonds is 4. The maximum absolute atomic E-state index is 12.3. The number of halogens is 1. The molecule has 0 saturated heterocycles. The molecule has 1 aliphatic carbocycles. The van der Waals surface area contributed by atoms with E-state index in [4.69, 9.17) is 0 Å². The summed E-state index contributed by atoms with van der Waals surface area (Å²) in [6.07, 6.45) is 6.07. The predicted molar refractivity (Wildman–Crippen MR) is 129 cm³/mol. The van der Waals surface area contributed by atoms with E-state index in [1.807, 2.05) is 38.1 Å². The zero-order valence-electron chi connectivity index (χ0n) is 16.8. The van der Waals surface area contributed by atoms with Crippen molar-refractivity contribution in [2.24, 2.45) is 5.10 Å². The van der Waals surface area contributed by atoms with Crippen LogP contribution in [0, 0.1) is 28.7 Å². The van der Waals surface area contributed by atoms with Crippen molar-refractivity contribution < 1.29 is 4.79 Å². The summed E-state index contributed by atoms with van der Waals surface area (Å²) in [4.78, 5) is 13.6. The van der Waals surface area contributed by atoms with Gasteiger partial charge in [-0.25, -0.2) is 5.43 Å². The molecule has 2 heterocycles. The Bertz CT molecular complexity index is 1200. The molecule has 0 bridgehead atoms. The van der Waals surface area contributed by atoms with Crippen LogP contribution in [0.25, 0.3) is 5.00 Å². The van der Waals surface area contributed by atoms with Crippen LogP contribution < -0.4 is 5.43 Å². The Labute approximate surface area is 193 Å². The molecular formula is C23H21IN4OS. The highest BCUT2D eigenvalue weighted by Crippen LogP contribution is 2.38. The van der Waals surface area contributed by atoms with Gasteiger partial charge in [-0.05, 0) is 92.0 Å². The van der Waals surface area contributed by atoms with Crippen molar-refractivity contribution in [3.05, 3.63) is 72.4 Å². The largest absolute Gasteiger partial charge is 0.308 e. The topological polar surface area (TPSA) is 70.2 Å². The minimum atomic E-state index is -0.240. The van der Waals surface area contributed by atoms with Gasteiger partial charge in [-0.2, -0.15) is 10.4 Å². The van der Waals surface area contributed by atoms with Crippen LogP contribution in [0.2, 0.25) is 0 Å². The van der Waals surface area contributed by atoms with Gasteiger partial charge in [0.25, 0.3) is 5.91 Å². The summed E-state index contributed by atoms with van der Waals surface area (Å²) < 4.78 is 3.14. The first-order valence-corrected chi connectivity index (χ1v) is 11.7. The molecule has 7 heteroatoms. The van der Waals surface area contributed by atoms with Crippen molar-refractivity contribution in [1.29, 1.82) is 5.26 Å². The highest BCUT2D eigenvalue weighted by molar-refractivity contribution is 14.1. The maximum atomic E-state index is 12.3. The Morgan fingerprint density at radius 2 is 2.10 bits per heavy atom. The highest BCUT2D eigenvalue weighted by Gasteiger charge is 2.23. The molecule has 1 amide bonds. The molecule has 0 unspecified atom stereocenters. The summed E-state index contributed by atoms with van der Waals surface area (Å²) in [5.41, 5.74) is 8.20. The number of carbonyl (C=O) groups is 1. The number of carbonyl (C=O) groups excluding carboxylic acids is 1. The lowest BCUT2D eigenvalue weighted by molar-refractivity contribution is 0.0955. The van der Waals surface area contributed by atoms with E-state index in [0.29, 0.717) is 5.56 Å². The molecule has 30 heavy (non-hydrogen) atoms. The van der Waals surface area contributed by atoms with E-state index in [2.05, 4.69) is 43.8 Å². The number of hydrogen-bond acceptors (Lipinski definition) is 4. The van der Waals surface area contributed by atoms with Gasteiger partial charge in [0, 0.05) is 31.0 Å². The summed E-state index contributed by atoms with van der Waals surface area (Å²) in [7, 11) is 0. The molecule has 1 aliphatic rings. The number of fused-ring (bicyclic) bond motifs is 1. The molecule has 3 aromatic rings. The van der Waals surface area contributed by atoms with Crippen molar-refractivity contribution in [2.45, 2.75) is 39.5 Å². The Morgan fingerprint density at radius 1 is 1.30 bits per heavy atom. The molecule has 0 atom stereocenters. The molecule has 0 aliphatic heterocycles. The average Bonchev–Trinajstić information content (AvgIpc) is 3.23. The van der Waals surface area contributed by atoms with Crippen molar-refractivity contribution in [2.75, 3.05) is 0 Å². The van der Waals surface area contributed by atoms with Gasteiger partial charge in [0.15, 0.2) is 0 Å². The van der Waals surface area contributed by atoms with E-state index < -0.39 is 0 Å². The second-order valence-electron chi connectivity index (χ2n) is 7.37. The minimum absolute atomic E-state index is 0.240. The molecule has 1 N–H and O–H groups in total. The van der Waals surface area contributed by atoms with Gasteiger partial charge < -0.3 is 4.57 Å². The predicted octanol–water partition coefficient (Wildman–Crippen LogP) is 5.27. The van der Waals surface area contributed by atoms with Gasteiger partial charge in [-0.1, -0.05) is 6.07 Å². The quantitative estimate of drug-likeness (QED) is 0.285. The van der Waals surface area contributed by atoms with Gasteiger partial charge in [-0.15, -0.1) is 11.3 Å². The number of aromatic nitrogens is 1. The van der Waals surface area contributed by atoms with E-state index in [-0.39, 0.29) is 5.91 Å². The number of nitrogens with one attached hydrogen (secondary N) is 1. The lowest BCUT2D eigenvalue weighted by Gasteiger charge is -2.10. The molecule has 2 aromatic heterocycles. The molecule has 152 valence electrons. The number of nitrogens with zero attached hydrogens (tertiary/aromatic N) is 3. The standard InChI is InChI=1S/C23H21IN4OS/c1-14-10-17(13-26-27-22(29)16-6-5-7-18(24)11-16)15(2)28(14)23-20(12-25)19-8-3-4-9-21(19)30-23/h5-7,10-11,13H,3-4,8-9H2,1-2H3,(H,27,29)/b26-13+. The Hall–Kier alpha value is -2.44. The van der Waals surface area contributed by atoms with Crippen molar-refractivity contribution in [1.82, 2.24) is 9.99 Å². The van der Waals surface area contributed by atoms with Crippen LogP contribution in [-0.2, 0) is 12.8 Å². The number of benzene rings is 1. The van der Waals surface area contributed by atoms with Gasteiger partial charge in [0.2, 0.25) is 0 Å². The van der Waals surface area contributed by atoms with E-state index in [0.717, 1.165) is 50.3 Å². The first-order valence-electron chi connectivity index (χ1n) is 9.82. The molecule has 1 aromatic carbocycles. The molecule has 4 rings (SSSR count). The molecule has 0 fully saturated rings. The second kappa shape index (κ2) is 8.74. The first-order chi connectivity index (χ1) is 14.5. The number of amides is 1. The third-order valence-corrected chi connectivity index (χ3v) is 7.34. The number of hydrogen-bond donors (Lipinski definition) is 1. The van der Waals surface area contributed by atoms with Crippen molar-refractivity contribution >= 4 is 46.0 Å². The van der Waals surface area contributed by atoms with E-state index >= 15 is 0 Å². The number of hydrazone groups is 1. The highest BCUT2D eigenvalue weighted by atomic mass is 127. The summed E-state index contributed by atoms with van der Waals surface area (Å²) in [5.74, 6) is -0.240. The fourth-order valence-electron chi connectivity index (χ4n) is 3.91. The van der Waals surface area contributed by atoms with Crippen LogP contribution in [0.1, 0.15) is 56.2 Å². The summed E-state index contributed by atoms with van der Waals surface area (Å²) in [5, 5.41) is 15.0. The molecule has 5 nitrogen and oxygen atoms in total. The zero-order chi connectivity index (χ0) is 21.3. The first kappa shape index (κ1) is 20.8. The maximum Gasteiger partial charge on any atom is 0.271 e. The second-order valence-corrected chi connectivity index (χ2v) is 9.70. The van der Waals surface area contributed by atoms with E-state index in [1.165, 1.54) is 16.9 Å². The summed E-state index contributed by atoms with van der Waals surface area (Å²) in [6, 6.07) is 11.9. The van der Waals surface area contributed by atoms with Crippen LogP contribution in [0.4, 0.5) is 0 Å². The normalized spacial score (nSPS) is 13.3. The lowest BCUT2D eigenvalue weighted by atomic mass is 9.96. The third kappa shape index (κ3) is 3.94. The SMILES string of the molecule is Cc1cc(/C=N/NC(=O)c2cccc(I)c2)c(C)n1-c1sc2c(c1C#N)CCCC2. The van der Waals surface area contributed by atoms with Crippen LogP contribution >= 0.6 is 33.9 Å². The van der Waals surface area contributed by atoms with Crippen LogP contribution in [-0.4, -0.2) is 16.7 Å². The Morgan fingerprint density at radius 3 is 2.87 bits per heavy atom. The van der Waals surface area contributed by atoms with Crippen molar-refractivity contribution in [3.63, 3.8) is 0 Å². The van der Waals surface area contributed by atoms with Gasteiger partial charge in [0.05, 0.1) is 11.8 Å². The van der Waals surface area contributed by atoms with Gasteiger partial charge in [-0.3, -0.25) is 4.79 Å².